The zero-order chi connectivity index (χ0) is 19.4. The monoisotopic (exact) mass is 364 g/mol. The maximum atomic E-state index is 12.2. The van der Waals surface area contributed by atoms with Gasteiger partial charge in [-0.05, 0) is 27.7 Å². The molecule has 0 aliphatic rings. The molecule has 0 fully saturated rings. The van der Waals surface area contributed by atoms with Crippen molar-refractivity contribution in [1.82, 2.24) is 24.9 Å². The van der Waals surface area contributed by atoms with Gasteiger partial charge in [0.25, 0.3) is 0 Å². The quantitative estimate of drug-likeness (QED) is 0.555. The number of methoxy groups -OCH3 is 1. The first-order valence-corrected chi connectivity index (χ1v) is 8.23. The maximum Gasteiger partial charge on any atom is 0.312 e. The summed E-state index contributed by atoms with van der Waals surface area (Å²) in [6.45, 7) is 8.45. The minimum Gasteiger partial charge on any atom is -0.383 e. The first-order chi connectivity index (χ1) is 12.3. The number of hydrogen-bond donors (Lipinski definition) is 1. The van der Waals surface area contributed by atoms with Gasteiger partial charge >= 0.3 is 5.69 Å². The van der Waals surface area contributed by atoms with Crippen molar-refractivity contribution in [3.05, 3.63) is 38.5 Å². The van der Waals surface area contributed by atoms with Crippen LogP contribution in [0.15, 0.2) is 0 Å². The molecule has 0 atom stereocenters. The van der Waals surface area contributed by atoms with Crippen molar-refractivity contribution in [1.29, 1.82) is 0 Å². The summed E-state index contributed by atoms with van der Waals surface area (Å²) in [4.78, 5) is 22.8. The van der Waals surface area contributed by atoms with Gasteiger partial charge in [-0.25, -0.2) is 0 Å². The van der Waals surface area contributed by atoms with Crippen LogP contribution in [-0.4, -0.2) is 44.1 Å². The van der Waals surface area contributed by atoms with Gasteiger partial charge in [0.2, 0.25) is 5.91 Å². The molecular formula is C16H24N6O4. The Labute approximate surface area is 151 Å². The van der Waals surface area contributed by atoms with Gasteiger partial charge in [0.15, 0.2) is 0 Å². The minimum absolute atomic E-state index is 0.0519. The Morgan fingerprint density at radius 1 is 1.15 bits per heavy atom. The van der Waals surface area contributed by atoms with Crippen LogP contribution in [0.3, 0.4) is 0 Å². The van der Waals surface area contributed by atoms with Crippen LogP contribution in [0.25, 0.3) is 0 Å². The number of carbonyl (C=O) groups excluding carboxylic acids is 1. The van der Waals surface area contributed by atoms with Gasteiger partial charge in [-0.2, -0.15) is 10.2 Å². The average molecular weight is 364 g/mol. The van der Waals surface area contributed by atoms with Crippen LogP contribution in [-0.2, 0) is 29.2 Å². The van der Waals surface area contributed by atoms with Crippen LogP contribution in [0.1, 0.15) is 28.3 Å². The molecule has 1 N–H and O–H groups in total. The molecule has 0 bridgehead atoms. The lowest BCUT2D eigenvalue weighted by atomic mass is 10.2. The van der Waals surface area contributed by atoms with Gasteiger partial charge in [-0.3, -0.25) is 24.3 Å². The second-order valence-corrected chi connectivity index (χ2v) is 6.08. The number of hydrogen-bond acceptors (Lipinski definition) is 6. The van der Waals surface area contributed by atoms with E-state index in [1.165, 1.54) is 4.68 Å². The van der Waals surface area contributed by atoms with Crippen LogP contribution >= 0.6 is 0 Å². The van der Waals surface area contributed by atoms with E-state index in [0.717, 1.165) is 17.0 Å². The fourth-order valence-corrected chi connectivity index (χ4v) is 2.87. The highest BCUT2D eigenvalue weighted by Gasteiger charge is 2.22. The van der Waals surface area contributed by atoms with E-state index in [0.29, 0.717) is 31.1 Å². The van der Waals surface area contributed by atoms with Crippen molar-refractivity contribution < 1.29 is 14.5 Å². The second kappa shape index (κ2) is 8.09. The van der Waals surface area contributed by atoms with E-state index in [4.69, 9.17) is 4.74 Å². The Hall–Kier alpha value is -2.75. The average Bonchev–Trinajstić information content (AvgIpc) is 2.99. The highest BCUT2D eigenvalue weighted by atomic mass is 16.6. The Balaban J connectivity index is 2.03. The SMILES string of the molecule is COCCn1nc(C)c(CNC(=O)Cn2nc(C)c([N+](=O)[O-])c2C)c1C. The summed E-state index contributed by atoms with van der Waals surface area (Å²) in [5.74, 6) is -0.270. The van der Waals surface area contributed by atoms with Crippen molar-refractivity contribution in [3.63, 3.8) is 0 Å². The van der Waals surface area contributed by atoms with E-state index >= 15 is 0 Å². The molecule has 0 aromatic carbocycles. The molecule has 1 amide bonds. The largest absolute Gasteiger partial charge is 0.383 e. The normalized spacial score (nSPS) is 11.0. The molecule has 0 radical (unpaired) electrons. The van der Waals surface area contributed by atoms with Crippen LogP contribution in [0, 0.1) is 37.8 Å². The molecule has 2 rings (SSSR count). The van der Waals surface area contributed by atoms with E-state index in [1.807, 2.05) is 18.5 Å². The number of ether oxygens (including phenoxy) is 1. The number of nitro groups is 1. The summed E-state index contributed by atoms with van der Waals surface area (Å²) in [7, 11) is 1.64. The number of nitrogens with one attached hydrogen (secondary N) is 1. The molecular weight excluding hydrogens is 340 g/mol. The molecule has 0 spiro atoms. The van der Waals surface area contributed by atoms with Gasteiger partial charge in [0.1, 0.15) is 17.9 Å². The zero-order valence-corrected chi connectivity index (χ0v) is 15.7. The molecule has 26 heavy (non-hydrogen) atoms. The molecule has 10 heteroatoms. The molecule has 0 saturated carbocycles. The smallest absolute Gasteiger partial charge is 0.312 e. The molecule has 0 unspecified atom stereocenters. The van der Waals surface area contributed by atoms with Crippen molar-refractivity contribution in [2.24, 2.45) is 0 Å². The topological polar surface area (TPSA) is 117 Å². The molecule has 142 valence electrons. The van der Waals surface area contributed by atoms with E-state index in [1.54, 1.807) is 21.0 Å². The number of rotatable bonds is 8. The maximum absolute atomic E-state index is 12.2. The molecule has 0 aliphatic carbocycles. The van der Waals surface area contributed by atoms with Gasteiger partial charge in [-0.1, -0.05) is 0 Å². The number of carbonyl (C=O) groups is 1. The second-order valence-electron chi connectivity index (χ2n) is 6.08. The fourth-order valence-electron chi connectivity index (χ4n) is 2.87. The number of aryl methyl sites for hydroxylation is 2. The van der Waals surface area contributed by atoms with Crippen LogP contribution in [0.5, 0.6) is 0 Å². The van der Waals surface area contributed by atoms with Crippen LogP contribution in [0.4, 0.5) is 5.69 Å². The van der Waals surface area contributed by atoms with Gasteiger partial charge < -0.3 is 10.1 Å². The Morgan fingerprint density at radius 2 is 1.81 bits per heavy atom. The summed E-state index contributed by atoms with van der Waals surface area (Å²) < 4.78 is 8.27. The van der Waals surface area contributed by atoms with Crippen molar-refractivity contribution in [3.8, 4) is 0 Å². The van der Waals surface area contributed by atoms with E-state index in [-0.39, 0.29) is 18.1 Å². The molecule has 2 heterocycles. The Bertz CT molecular complexity index is 823. The molecule has 2 aromatic rings. The standard InChI is InChI=1S/C16H24N6O4/c1-10-14(12(3)20(18-10)6-7-26-5)8-17-15(23)9-21-13(4)16(22(24)25)11(2)19-21/h6-9H2,1-5H3,(H,17,23). The first kappa shape index (κ1) is 19.6. The zero-order valence-electron chi connectivity index (χ0n) is 15.7. The van der Waals surface area contributed by atoms with Crippen molar-refractivity contribution in [2.45, 2.75) is 47.3 Å². The summed E-state index contributed by atoms with van der Waals surface area (Å²) in [5, 5.41) is 22.4. The lowest BCUT2D eigenvalue weighted by molar-refractivity contribution is -0.386. The van der Waals surface area contributed by atoms with Gasteiger partial charge in [-0.15, -0.1) is 0 Å². The van der Waals surface area contributed by atoms with Gasteiger partial charge in [0, 0.05) is 24.9 Å². The minimum atomic E-state index is -0.479. The third-order valence-electron chi connectivity index (χ3n) is 4.32. The van der Waals surface area contributed by atoms with Crippen LogP contribution in [0.2, 0.25) is 0 Å². The lowest BCUT2D eigenvalue weighted by Gasteiger charge is -2.08. The van der Waals surface area contributed by atoms with Gasteiger partial charge in [0.05, 0.1) is 23.8 Å². The van der Waals surface area contributed by atoms with Crippen molar-refractivity contribution in [2.75, 3.05) is 13.7 Å². The summed E-state index contributed by atoms with van der Waals surface area (Å²) in [6, 6.07) is 0. The van der Waals surface area contributed by atoms with E-state index in [9.17, 15) is 14.9 Å². The van der Waals surface area contributed by atoms with E-state index in [2.05, 4.69) is 15.5 Å². The highest BCUT2D eigenvalue weighted by Crippen LogP contribution is 2.21. The summed E-state index contributed by atoms with van der Waals surface area (Å²) in [6.07, 6.45) is 0. The first-order valence-electron chi connectivity index (χ1n) is 8.23. The fraction of sp³-hybridized carbons (Fsp3) is 0.562. The number of nitrogens with zero attached hydrogens (tertiary/aromatic N) is 5. The number of amides is 1. The molecule has 2 aromatic heterocycles. The molecule has 10 nitrogen and oxygen atoms in total. The number of aromatic nitrogens is 4. The Kier molecular flexibility index (Phi) is 6.09. The predicted molar refractivity (Wildman–Crippen MR) is 93.8 cm³/mol. The molecule has 0 aliphatic heterocycles. The van der Waals surface area contributed by atoms with Crippen molar-refractivity contribution >= 4 is 11.6 Å². The summed E-state index contributed by atoms with van der Waals surface area (Å²) in [5.41, 5.74) is 3.38. The highest BCUT2D eigenvalue weighted by molar-refractivity contribution is 5.75. The Morgan fingerprint density at radius 3 is 2.38 bits per heavy atom. The third-order valence-corrected chi connectivity index (χ3v) is 4.32. The van der Waals surface area contributed by atoms with E-state index < -0.39 is 4.92 Å². The molecule has 0 saturated heterocycles. The van der Waals surface area contributed by atoms with Crippen LogP contribution < -0.4 is 5.32 Å². The summed E-state index contributed by atoms with van der Waals surface area (Å²) >= 11 is 0. The lowest BCUT2D eigenvalue weighted by Crippen LogP contribution is -2.28. The third kappa shape index (κ3) is 4.07. The predicted octanol–water partition coefficient (Wildman–Crippen LogP) is 1.18.